The molecule has 1 fully saturated rings. The minimum atomic E-state index is -0.806. The Labute approximate surface area is 95.5 Å². The number of nitrogens with zero attached hydrogens (tertiary/aromatic N) is 1. The molecular weight excluding hydrogens is 208 g/mol. The fraction of sp³-hybridized carbons (Fsp3) is 0.800. The fourth-order valence-corrected chi connectivity index (χ4v) is 1.86. The number of amides is 3. The van der Waals surface area contributed by atoms with Crippen molar-refractivity contribution in [2.45, 2.75) is 19.4 Å². The lowest BCUT2D eigenvalue weighted by atomic mass is 10.1. The maximum absolute atomic E-state index is 11.3. The van der Waals surface area contributed by atoms with E-state index in [2.05, 4.69) is 22.6 Å². The molecule has 6 nitrogen and oxygen atoms in total. The van der Waals surface area contributed by atoms with Crippen LogP contribution in [-0.4, -0.2) is 49.6 Å². The third kappa shape index (κ3) is 4.16. The van der Waals surface area contributed by atoms with Crippen molar-refractivity contribution in [1.29, 1.82) is 0 Å². The van der Waals surface area contributed by atoms with E-state index >= 15 is 0 Å². The van der Waals surface area contributed by atoms with Crippen LogP contribution in [0.25, 0.3) is 0 Å². The summed E-state index contributed by atoms with van der Waals surface area (Å²) < 4.78 is 0. The quantitative estimate of drug-likeness (QED) is 0.582. The number of hydrogen-bond donors (Lipinski definition) is 3. The van der Waals surface area contributed by atoms with Crippen molar-refractivity contribution in [3.63, 3.8) is 0 Å². The van der Waals surface area contributed by atoms with E-state index in [9.17, 15) is 9.59 Å². The number of urea groups is 1. The van der Waals surface area contributed by atoms with E-state index in [0.29, 0.717) is 5.92 Å². The molecule has 4 N–H and O–H groups in total. The molecule has 0 aromatic heterocycles. The van der Waals surface area contributed by atoms with Gasteiger partial charge in [-0.15, -0.1) is 0 Å². The van der Waals surface area contributed by atoms with Gasteiger partial charge in [-0.2, -0.15) is 0 Å². The van der Waals surface area contributed by atoms with Crippen molar-refractivity contribution in [1.82, 2.24) is 15.5 Å². The largest absolute Gasteiger partial charge is 0.351 e. The van der Waals surface area contributed by atoms with E-state index in [-0.39, 0.29) is 5.91 Å². The number of imide groups is 1. The first-order chi connectivity index (χ1) is 7.49. The van der Waals surface area contributed by atoms with Gasteiger partial charge in [0.25, 0.3) is 0 Å². The van der Waals surface area contributed by atoms with E-state index in [1.54, 1.807) is 6.92 Å². The van der Waals surface area contributed by atoms with Gasteiger partial charge < -0.3 is 16.0 Å². The molecule has 6 heteroatoms. The second-order valence-corrected chi connectivity index (χ2v) is 4.40. The second-order valence-electron chi connectivity index (χ2n) is 4.40. The van der Waals surface area contributed by atoms with Crippen LogP contribution in [0.2, 0.25) is 0 Å². The first-order valence-electron chi connectivity index (χ1n) is 5.51. The highest BCUT2D eigenvalue weighted by atomic mass is 16.2. The minimum absolute atomic E-state index is 0.376. The summed E-state index contributed by atoms with van der Waals surface area (Å²) >= 11 is 0. The Balaban J connectivity index is 2.21. The topological polar surface area (TPSA) is 87.5 Å². The van der Waals surface area contributed by atoms with Crippen molar-refractivity contribution in [2.24, 2.45) is 11.7 Å². The fourth-order valence-electron chi connectivity index (χ4n) is 1.86. The van der Waals surface area contributed by atoms with Crippen molar-refractivity contribution in [2.75, 3.05) is 26.7 Å². The molecule has 3 amide bonds. The van der Waals surface area contributed by atoms with E-state index in [1.807, 2.05) is 0 Å². The number of primary amides is 1. The molecule has 0 spiro atoms. The van der Waals surface area contributed by atoms with Crippen molar-refractivity contribution in [3.05, 3.63) is 0 Å². The van der Waals surface area contributed by atoms with Crippen LogP contribution in [0.3, 0.4) is 0 Å². The van der Waals surface area contributed by atoms with Gasteiger partial charge in [0.15, 0.2) is 0 Å². The van der Waals surface area contributed by atoms with Crippen molar-refractivity contribution >= 4 is 11.9 Å². The van der Waals surface area contributed by atoms with Crippen LogP contribution in [0.1, 0.15) is 13.3 Å². The highest BCUT2D eigenvalue weighted by Gasteiger charge is 2.21. The summed E-state index contributed by atoms with van der Waals surface area (Å²) in [5.74, 6) is 0.202. The maximum Gasteiger partial charge on any atom is 0.318 e. The Hall–Kier alpha value is -1.14. The van der Waals surface area contributed by atoms with Crippen molar-refractivity contribution < 1.29 is 9.59 Å². The summed E-state index contributed by atoms with van der Waals surface area (Å²) in [5, 5.41) is 5.16. The molecule has 16 heavy (non-hydrogen) atoms. The zero-order chi connectivity index (χ0) is 12.1. The molecule has 92 valence electrons. The zero-order valence-corrected chi connectivity index (χ0v) is 9.82. The van der Waals surface area contributed by atoms with Gasteiger partial charge in [-0.3, -0.25) is 10.1 Å². The molecule has 1 aliphatic rings. The zero-order valence-electron chi connectivity index (χ0n) is 9.82. The summed E-state index contributed by atoms with van der Waals surface area (Å²) in [5.41, 5.74) is 4.86. The smallest absolute Gasteiger partial charge is 0.318 e. The van der Waals surface area contributed by atoms with E-state index in [1.165, 1.54) is 0 Å². The summed E-state index contributed by atoms with van der Waals surface area (Å²) in [4.78, 5) is 24.1. The predicted molar refractivity (Wildman–Crippen MR) is 60.8 cm³/mol. The first-order valence-corrected chi connectivity index (χ1v) is 5.51. The van der Waals surface area contributed by atoms with Gasteiger partial charge in [-0.1, -0.05) is 0 Å². The Bertz CT molecular complexity index is 270. The summed E-state index contributed by atoms with van der Waals surface area (Å²) in [6.07, 6.45) is 1.15. The normalized spacial score (nSPS) is 23.0. The lowest BCUT2D eigenvalue weighted by molar-refractivity contribution is -0.121. The molecule has 2 atom stereocenters. The lowest BCUT2D eigenvalue weighted by Gasteiger charge is -2.16. The molecule has 0 saturated carbocycles. The van der Waals surface area contributed by atoms with Crippen LogP contribution in [0.15, 0.2) is 0 Å². The van der Waals surface area contributed by atoms with Gasteiger partial charge in [0, 0.05) is 6.54 Å². The number of hydrogen-bond acceptors (Lipinski definition) is 4. The number of carbonyl (C=O) groups excluding carboxylic acids is 2. The van der Waals surface area contributed by atoms with Crippen LogP contribution in [0.5, 0.6) is 0 Å². The van der Waals surface area contributed by atoms with Crippen LogP contribution in [0, 0.1) is 5.92 Å². The maximum atomic E-state index is 11.3. The third-order valence-corrected chi connectivity index (χ3v) is 2.84. The third-order valence-electron chi connectivity index (χ3n) is 2.84. The van der Waals surface area contributed by atoms with E-state index in [0.717, 1.165) is 26.1 Å². The van der Waals surface area contributed by atoms with Gasteiger partial charge >= 0.3 is 6.03 Å². The van der Waals surface area contributed by atoms with Gasteiger partial charge in [-0.25, -0.2) is 4.79 Å². The lowest BCUT2D eigenvalue weighted by Crippen LogP contribution is -2.47. The molecule has 1 heterocycles. The van der Waals surface area contributed by atoms with Gasteiger partial charge in [-0.05, 0) is 39.4 Å². The number of rotatable bonds is 4. The average Bonchev–Trinajstić information content (AvgIpc) is 2.59. The number of carbonyl (C=O) groups is 2. The Morgan fingerprint density at radius 1 is 1.56 bits per heavy atom. The molecule has 0 radical (unpaired) electrons. The van der Waals surface area contributed by atoms with Crippen LogP contribution in [-0.2, 0) is 4.79 Å². The molecule has 1 saturated heterocycles. The van der Waals surface area contributed by atoms with Crippen LogP contribution >= 0.6 is 0 Å². The molecule has 1 rings (SSSR count). The number of nitrogens with one attached hydrogen (secondary N) is 2. The van der Waals surface area contributed by atoms with Crippen LogP contribution < -0.4 is 16.4 Å². The molecule has 0 aromatic carbocycles. The number of nitrogens with two attached hydrogens (primary N) is 1. The standard InChI is InChI=1S/C10H20N4O2/c1-7(9(15)13-10(11)16)12-5-8-3-4-14(2)6-8/h7-8,12H,3-6H2,1-2H3,(H3,11,13,15,16). The molecule has 0 aromatic rings. The first kappa shape index (κ1) is 12.9. The van der Waals surface area contributed by atoms with Gasteiger partial charge in [0.2, 0.25) is 5.91 Å². The number of likely N-dealkylation sites (tertiary alicyclic amines) is 1. The van der Waals surface area contributed by atoms with Gasteiger partial charge in [0.05, 0.1) is 6.04 Å². The summed E-state index contributed by atoms with van der Waals surface area (Å²) in [7, 11) is 2.09. The predicted octanol–water partition coefficient (Wildman–Crippen LogP) is -0.889. The summed E-state index contributed by atoms with van der Waals surface area (Å²) in [6.45, 7) is 4.67. The molecular formula is C10H20N4O2. The van der Waals surface area contributed by atoms with E-state index in [4.69, 9.17) is 5.73 Å². The Kier molecular flexibility index (Phi) is 4.70. The Morgan fingerprint density at radius 2 is 2.25 bits per heavy atom. The highest BCUT2D eigenvalue weighted by molar-refractivity contribution is 5.96. The van der Waals surface area contributed by atoms with Crippen molar-refractivity contribution in [3.8, 4) is 0 Å². The Morgan fingerprint density at radius 3 is 2.75 bits per heavy atom. The van der Waals surface area contributed by atoms with E-state index < -0.39 is 12.1 Å². The monoisotopic (exact) mass is 228 g/mol. The molecule has 2 unspecified atom stereocenters. The van der Waals surface area contributed by atoms with Gasteiger partial charge in [0.1, 0.15) is 0 Å². The summed E-state index contributed by atoms with van der Waals surface area (Å²) in [6, 6.07) is -1.20. The van der Waals surface area contributed by atoms with Crippen LogP contribution in [0.4, 0.5) is 4.79 Å². The minimum Gasteiger partial charge on any atom is -0.351 e. The average molecular weight is 228 g/mol. The SMILES string of the molecule is CC(NCC1CCN(C)C1)C(=O)NC(N)=O. The molecule has 0 aliphatic carbocycles. The molecule has 1 aliphatic heterocycles. The second kappa shape index (κ2) is 5.81. The highest BCUT2D eigenvalue weighted by Crippen LogP contribution is 2.12. The molecule has 0 bridgehead atoms.